The number of hydrogen-bond donors (Lipinski definition) is 1. The van der Waals surface area contributed by atoms with Crippen molar-refractivity contribution in [3.05, 3.63) is 107 Å². The molecule has 3 aromatic rings. The van der Waals surface area contributed by atoms with Crippen molar-refractivity contribution in [2.24, 2.45) is 10.2 Å². The minimum absolute atomic E-state index is 0.245. The minimum Gasteiger partial charge on any atom is -0.478 e. The van der Waals surface area contributed by atoms with Crippen LogP contribution in [0.15, 0.2) is 95.1 Å². The summed E-state index contributed by atoms with van der Waals surface area (Å²) in [5.41, 5.74) is 3.77. The zero-order chi connectivity index (χ0) is 17.5. The molecule has 0 unspecified atom stereocenters. The van der Waals surface area contributed by atoms with Crippen molar-refractivity contribution in [2.45, 2.75) is 0 Å². The van der Waals surface area contributed by atoms with Crippen LogP contribution in [-0.4, -0.2) is 23.0 Å². The predicted molar refractivity (Wildman–Crippen MR) is 99.5 cm³/mol. The molecule has 1 N–H and O–H groups in total. The number of aromatic carboxylic acids is 1. The van der Waals surface area contributed by atoms with Gasteiger partial charge in [0.15, 0.2) is 0 Å². The van der Waals surface area contributed by atoms with E-state index in [9.17, 15) is 4.79 Å². The van der Waals surface area contributed by atoms with Crippen molar-refractivity contribution in [1.29, 1.82) is 0 Å². The Labute approximate surface area is 145 Å². The summed E-state index contributed by atoms with van der Waals surface area (Å²) in [4.78, 5) is 10.9. The van der Waals surface area contributed by atoms with Crippen molar-refractivity contribution < 1.29 is 9.90 Å². The molecule has 0 bridgehead atoms. The van der Waals surface area contributed by atoms with Gasteiger partial charge in [0, 0.05) is 11.1 Å². The zero-order valence-electron chi connectivity index (χ0n) is 13.4. The Balaban J connectivity index is 1.90. The summed E-state index contributed by atoms with van der Waals surface area (Å²) in [6.45, 7) is 0. The maximum atomic E-state index is 10.9. The normalized spacial score (nSPS) is 10.6. The molecule has 0 spiro atoms. The summed E-state index contributed by atoms with van der Waals surface area (Å²) in [6.07, 6.45) is 1.61. The van der Waals surface area contributed by atoms with Gasteiger partial charge >= 0.3 is 5.97 Å². The molecule has 4 nitrogen and oxygen atoms in total. The van der Waals surface area contributed by atoms with E-state index in [1.165, 1.54) is 0 Å². The van der Waals surface area contributed by atoms with Crippen molar-refractivity contribution in [3.8, 4) is 0 Å². The molecule has 0 aliphatic heterocycles. The standard InChI is InChI=1S/C21H16N2O2/c24-21(25)19-13-11-16(12-14-19)15-22-23-20(17-7-3-1-4-8-17)18-9-5-2-6-10-18/h1-15H,(H,24,25). The summed E-state index contributed by atoms with van der Waals surface area (Å²) in [5, 5.41) is 17.5. The van der Waals surface area contributed by atoms with Gasteiger partial charge in [-0.3, -0.25) is 0 Å². The first-order valence-corrected chi connectivity index (χ1v) is 7.79. The van der Waals surface area contributed by atoms with E-state index in [1.807, 2.05) is 60.7 Å². The number of nitrogens with zero attached hydrogens (tertiary/aromatic N) is 2. The highest BCUT2D eigenvalue weighted by Crippen LogP contribution is 2.11. The van der Waals surface area contributed by atoms with Gasteiger partial charge in [-0.15, -0.1) is 5.10 Å². The van der Waals surface area contributed by atoms with Gasteiger partial charge in [0.1, 0.15) is 5.71 Å². The Bertz CT molecular complexity index is 858. The SMILES string of the molecule is O=C(O)c1ccc(C=NN=C(c2ccccc2)c2ccccc2)cc1. The van der Waals surface area contributed by atoms with Gasteiger partial charge in [0.05, 0.1) is 11.8 Å². The van der Waals surface area contributed by atoms with Gasteiger partial charge in [0.25, 0.3) is 0 Å². The number of benzene rings is 3. The molecule has 0 heterocycles. The Hall–Kier alpha value is -3.53. The second-order valence-electron chi connectivity index (χ2n) is 5.35. The Morgan fingerprint density at radius 3 is 1.72 bits per heavy atom. The van der Waals surface area contributed by atoms with Gasteiger partial charge < -0.3 is 5.11 Å². The molecule has 0 aliphatic rings. The van der Waals surface area contributed by atoms with Crippen molar-refractivity contribution in [2.75, 3.05) is 0 Å². The van der Waals surface area contributed by atoms with E-state index in [1.54, 1.807) is 30.5 Å². The van der Waals surface area contributed by atoms with Crippen molar-refractivity contribution in [1.82, 2.24) is 0 Å². The summed E-state index contributed by atoms with van der Waals surface area (Å²) in [5.74, 6) is -0.947. The average molecular weight is 328 g/mol. The second-order valence-corrected chi connectivity index (χ2v) is 5.35. The van der Waals surface area contributed by atoms with Gasteiger partial charge in [-0.05, 0) is 17.7 Å². The lowest BCUT2D eigenvalue weighted by molar-refractivity contribution is 0.0697. The largest absolute Gasteiger partial charge is 0.478 e. The van der Waals surface area contributed by atoms with E-state index < -0.39 is 5.97 Å². The summed E-state index contributed by atoms with van der Waals surface area (Å²) >= 11 is 0. The third-order valence-electron chi connectivity index (χ3n) is 3.62. The monoisotopic (exact) mass is 328 g/mol. The van der Waals surface area contributed by atoms with Gasteiger partial charge in [0.2, 0.25) is 0 Å². The Morgan fingerprint density at radius 1 is 0.720 bits per heavy atom. The van der Waals surface area contributed by atoms with Crippen LogP contribution in [0.25, 0.3) is 0 Å². The van der Waals surface area contributed by atoms with Crippen LogP contribution >= 0.6 is 0 Å². The second kappa shape index (κ2) is 7.84. The third kappa shape index (κ3) is 4.26. The molecule has 0 aliphatic carbocycles. The number of hydrogen-bond acceptors (Lipinski definition) is 3. The maximum absolute atomic E-state index is 10.9. The van der Waals surface area contributed by atoms with E-state index in [0.717, 1.165) is 22.4 Å². The lowest BCUT2D eigenvalue weighted by Crippen LogP contribution is -2.02. The summed E-state index contributed by atoms with van der Waals surface area (Å²) in [7, 11) is 0. The molecular formula is C21H16N2O2. The Kier molecular flexibility index (Phi) is 5.12. The first kappa shape index (κ1) is 16.3. The van der Waals surface area contributed by atoms with E-state index >= 15 is 0 Å². The van der Waals surface area contributed by atoms with Crippen LogP contribution in [0.2, 0.25) is 0 Å². The number of carboxylic acids is 1. The topological polar surface area (TPSA) is 62.0 Å². The highest BCUT2D eigenvalue weighted by Gasteiger charge is 2.05. The number of carboxylic acid groups (broad SMARTS) is 1. The molecule has 0 atom stereocenters. The first-order chi connectivity index (χ1) is 12.2. The highest BCUT2D eigenvalue weighted by atomic mass is 16.4. The third-order valence-corrected chi connectivity index (χ3v) is 3.62. The van der Waals surface area contributed by atoms with Gasteiger partial charge in [-0.1, -0.05) is 72.8 Å². The average Bonchev–Trinajstić information content (AvgIpc) is 2.67. The summed E-state index contributed by atoms with van der Waals surface area (Å²) in [6, 6.07) is 26.2. The molecule has 0 fully saturated rings. The van der Waals surface area contributed by atoms with Gasteiger partial charge in [-0.2, -0.15) is 5.10 Å². The van der Waals surface area contributed by atoms with E-state index in [4.69, 9.17) is 5.11 Å². The van der Waals surface area contributed by atoms with E-state index in [-0.39, 0.29) is 5.56 Å². The van der Waals surface area contributed by atoms with Crippen LogP contribution in [0.3, 0.4) is 0 Å². The smallest absolute Gasteiger partial charge is 0.335 e. The van der Waals surface area contributed by atoms with Crippen LogP contribution in [-0.2, 0) is 0 Å². The minimum atomic E-state index is -0.947. The lowest BCUT2D eigenvalue weighted by Gasteiger charge is -2.05. The number of rotatable bonds is 5. The predicted octanol–water partition coefficient (Wildman–Crippen LogP) is 4.26. The molecule has 3 rings (SSSR count). The van der Waals surface area contributed by atoms with Crippen LogP contribution in [0, 0.1) is 0 Å². The molecule has 0 aromatic heterocycles. The van der Waals surface area contributed by atoms with E-state index in [2.05, 4.69) is 10.2 Å². The quantitative estimate of drug-likeness (QED) is 0.562. The lowest BCUT2D eigenvalue weighted by atomic mass is 10.0. The van der Waals surface area contributed by atoms with Crippen LogP contribution in [0.1, 0.15) is 27.0 Å². The summed E-state index contributed by atoms with van der Waals surface area (Å²) < 4.78 is 0. The first-order valence-electron chi connectivity index (χ1n) is 7.79. The van der Waals surface area contributed by atoms with E-state index in [0.29, 0.717) is 0 Å². The molecule has 0 saturated carbocycles. The number of carbonyl (C=O) groups is 1. The van der Waals surface area contributed by atoms with Crippen LogP contribution in [0.4, 0.5) is 0 Å². The Morgan fingerprint density at radius 2 is 1.24 bits per heavy atom. The highest BCUT2D eigenvalue weighted by molar-refractivity contribution is 6.12. The van der Waals surface area contributed by atoms with Crippen LogP contribution in [0.5, 0.6) is 0 Å². The van der Waals surface area contributed by atoms with Gasteiger partial charge in [-0.25, -0.2) is 4.79 Å². The molecule has 25 heavy (non-hydrogen) atoms. The fourth-order valence-electron chi connectivity index (χ4n) is 2.34. The maximum Gasteiger partial charge on any atom is 0.335 e. The molecule has 122 valence electrons. The fraction of sp³-hybridized carbons (Fsp3) is 0. The van der Waals surface area contributed by atoms with Crippen LogP contribution < -0.4 is 0 Å². The molecule has 3 aromatic carbocycles. The van der Waals surface area contributed by atoms with Crippen molar-refractivity contribution in [3.63, 3.8) is 0 Å². The molecule has 0 radical (unpaired) electrons. The molecule has 0 amide bonds. The fourth-order valence-corrected chi connectivity index (χ4v) is 2.34. The van der Waals surface area contributed by atoms with Crippen molar-refractivity contribution >= 4 is 17.9 Å². The molecule has 4 heteroatoms. The molecular weight excluding hydrogens is 312 g/mol. The molecule has 0 saturated heterocycles. The zero-order valence-corrected chi connectivity index (χ0v) is 13.4.